The normalized spacial score (nSPS) is 17.6. The fourth-order valence-electron chi connectivity index (χ4n) is 2.51. The van der Waals surface area contributed by atoms with E-state index in [1.54, 1.807) is 32.9 Å². The van der Waals surface area contributed by atoms with Crippen LogP contribution in [-0.2, 0) is 14.3 Å². The minimum absolute atomic E-state index is 0.106. The van der Waals surface area contributed by atoms with E-state index in [1.807, 2.05) is 0 Å². The van der Waals surface area contributed by atoms with Gasteiger partial charge in [-0.1, -0.05) is 0 Å². The first-order valence-corrected chi connectivity index (χ1v) is 8.94. The molecule has 1 fully saturated rings. The van der Waals surface area contributed by atoms with Crippen molar-refractivity contribution >= 4 is 35.0 Å². The van der Waals surface area contributed by atoms with Crippen LogP contribution in [-0.4, -0.2) is 48.1 Å². The van der Waals surface area contributed by atoms with Crippen LogP contribution < -0.4 is 14.2 Å². The van der Waals surface area contributed by atoms with Gasteiger partial charge in [-0.2, -0.15) is 0 Å². The number of carbonyl (C=O) groups is 3. The number of amides is 2. The van der Waals surface area contributed by atoms with Crippen LogP contribution in [0.2, 0.25) is 0 Å². The first kappa shape index (κ1) is 19.1. The number of ether oxygens (including phenoxy) is 4. The van der Waals surface area contributed by atoms with Crippen LogP contribution in [0.5, 0.6) is 17.2 Å². The van der Waals surface area contributed by atoms with E-state index in [0.29, 0.717) is 22.8 Å². The maximum absolute atomic E-state index is 12.6. The van der Waals surface area contributed by atoms with Crippen molar-refractivity contribution in [1.29, 1.82) is 0 Å². The molecule has 27 heavy (non-hydrogen) atoms. The van der Waals surface area contributed by atoms with Gasteiger partial charge in [0.1, 0.15) is 17.9 Å². The first-order valence-electron chi connectivity index (χ1n) is 8.13. The molecule has 0 N–H and O–H groups in total. The van der Waals surface area contributed by atoms with Gasteiger partial charge in [0.2, 0.25) is 6.79 Å². The lowest BCUT2D eigenvalue weighted by atomic mass is 10.1. The van der Waals surface area contributed by atoms with Crippen molar-refractivity contribution in [3.8, 4) is 17.2 Å². The third kappa shape index (κ3) is 4.19. The molecular formula is C18H19NO7S. The van der Waals surface area contributed by atoms with Crippen molar-refractivity contribution in [2.45, 2.75) is 26.4 Å². The molecule has 2 heterocycles. The van der Waals surface area contributed by atoms with Crippen LogP contribution in [0.4, 0.5) is 4.79 Å². The summed E-state index contributed by atoms with van der Waals surface area (Å²) in [6, 6.07) is 3.32. The molecule has 0 unspecified atom stereocenters. The number of thioether (sulfide) groups is 1. The molecule has 0 aliphatic carbocycles. The fraction of sp³-hybridized carbons (Fsp3) is 0.389. The summed E-state index contributed by atoms with van der Waals surface area (Å²) in [5.74, 6) is 0.331. The lowest BCUT2D eigenvalue weighted by molar-refractivity contribution is -0.156. The van der Waals surface area contributed by atoms with Gasteiger partial charge in [0.05, 0.1) is 12.0 Å². The number of carbonyl (C=O) groups excluding carboxylic acids is 3. The molecule has 0 aromatic heterocycles. The van der Waals surface area contributed by atoms with Gasteiger partial charge >= 0.3 is 5.97 Å². The predicted molar refractivity (Wildman–Crippen MR) is 97.6 cm³/mol. The Morgan fingerprint density at radius 1 is 1.26 bits per heavy atom. The molecule has 0 atom stereocenters. The Kier molecular flexibility index (Phi) is 5.05. The summed E-state index contributed by atoms with van der Waals surface area (Å²) in [5, 5.41) is -0.531. The van der Waals surface area contributed by atoms with Gasteiger partial charge in [-0.3, -0.25) is 19.3 Å². The molecule has 1 aromatic rings. The summed E-state index contributed by atoms with van der Waals surface area (Å²) >= 11 is 0.752. The van der Waals surface area contributed by atoms with E-state index in [1.165, 1.54) is 13.2 Å². The molecule has 2 aliphatic heterocycles. The molecule has 8 nitrogen and oxygen atoms in total. The molecular weight excluding hydrogens is 374 g/mol. The molecule has 1 aromatic carbocycles. The molecule has 0 spiro atoms. The van der Waals surface area contributed by atoms with Crippen molar-refractivity contribution in [2.24, 2.45) is 0 Å². The van der Waals surface area contributed by atoms with Crippen LogP contribution in [0.25, 0.3) is 6.08 Å². The van der Waals surface area contributed by atoms with Crippen LogP contribution in [0.1, 0.15) is 26.3 Å². The van der Waals surface area contributed by atoms with Crippen LogP contribution >= 0.6 is 11.8 Å². The van der Waals surface area contributed by atoms with Crippen molar-refractivity contribution in [1.82, 2.24) is 4.90 Å². The van der Waals surface area contributed by atoms with Gasteiger partial charge in [-0.05, 0) is 44.7 Å². The molecule has 0 radical (unpaired) electrons. The SMILES string of the molecule is COc1cc2c(cc1/C=C1\SC(=O)N(CC(=O)OC(C)(C)C)C1=O)OCO2. The number of benzene rings is 1. The minimum atomic E-state index is -0.700. The average molecular weight is 393 g/mol. The molecule has 0 bridgehead atoms. The summed E-state index contributed by atoms with van der Waals surface area (Å²) in [6.45, 7) is 4.81. The zero-order valence-electron chi connectivity index (χ0n) is 15.4. The highest BCUT2D eigenvalue weighted by molar-refractivity contribution is 8.18. The standard InChI is InChI=1S/C18H19NO7S/c1-18(2,3)26-15(20)8-19-16(21)14(27-17(19)22)6-10-5-12-13(25-9-24-12)7-11(10)23-4/h5-7H,8-9H2,1-4H3/b14-6-. The number of hydrogen-bond donors (Lipinski definition) is 0. The van der Waals surface area contributed by atoms with Gasteiger partial charge in [-0.25, -0.2) is 0 Å². The average Bonchev–Trinajstić information content (AvgIpc) is 3.12. The summed E-state index contributed by atoms with van der Waals surface area (Å²) in [7, 11) is 1.49. The predicted octanol–water partition coefficient (Wildman–Crippen LogP) is 2.80. The number of esters is 1. The Hall–Kier alpha value is -2.68. The second kappa shape index (κ2) is 7.15. The second-order valence-electron chi connectivity index (χ2n) is 6.80. The molecule has 3 rings (SSSR count). The van der Waals surface area contributed by atoms with Crippen LogP contribution in [0.3, 0.4) is 0 Å². The van der Waals surface area contributed by atoms with Gasteiger partial charge < -0.3 is 18.9 Å². The number of nitrogens with zero attached hydrogens (tertiary/aromatic N) is 1. The summed E-state index contributed by atoms with van der Waals surface area (Å²) < 4.78 is 21.1. The lowest BCUT2D eigenvalue weighted by Gasteiger charge is -2.21. The highest BCUT2D eigenvalue weighted by Gasteiger charge is 2.37. The Balaban J connectivity index is 1.82. The van der Waals surface area contributed by atoms with E-state index < -0.39 is 29.3 Å². The molecule has 144 valence electrons. The highest BCUT2D eigenvalue weighted by Crippen LogP contribution is 2.40. The zero-order chi connectivity index (χ0) is 19.8. The number of imide groups is 1. The first-order chi connectivity index (χ1) is 12.7. The summed E-state index contributed by atoms with van der Waals surface area (Å²) in [4.78, 5) is 37.7. The van der Waals surface area contributed by atoms with Crippen molar-refractivity contribution in [3.63, 3.8) is 0 Å². The summed E-state index contributed by atoms with van der Waals surface area (Å²) in [5.41, 5.74) is -0.140. The van der Waals surface area contributed by atoms with E-state index in [4.69, 9.17) is 18.9 Å². The number of fused-ring (bicyclic) bond motifs is 1. The minimum Gasteiger partial charge on any atom is -0.496 e. The maximum atomic E-state index is 12.6. The number of methoxy groups -OCH3 is 1. The van der Waals surface area contributed by atoms with Crippen LogP contribution in [0.15, 0.2) is 17.0 Å². The number of rotatable bonds is 4. The zero-order valence-corrected chi connectivity index (χ0v) is 16.2. The van der Waals surface area contributed by atoms with Gasteiger partial charge in [-0.15, -0.1) is 0 Å². The maximum Gasteiger partial charge on any atom is 0.326 e. The quantitative estimate of drug-likeness (QED) is 0.570. The second-order valence-corrected chi connectivity index (χ2v) is 7.79. The van der Waals surface area contributed by atoms with Crippen molar-refractivity contribution in [2.75, 3.05) is 20.4 Å². The van der Waals surface area contributed by atoms with Gasteiger partial charge in [0.25, 0.3) is 11.1 Å². The molecule has 9 heteroatoms. The third-order valence-electron chi connectivity index (χ3n) is 3.59. The monoisotopic (exact) mass is 393 g/mol. The molecule has 0 saturated carbocycles. The largest absolute Gasteiger partial charge is 0.496 e. The molecule has 1 saturated heterocycles. The molecule has 2 aliphatic rings. The van der Waals surface area contributed by atoms with Crippen molar-refractivity contribution in [3.05, 3.63) is 22.6 Å². The Bertz CT molecular complexity index is 841. The Morgan fingerprint density at radius 2 is 1.93 bits per heavy atom. The number of hydrogen-bond acceptors (Lipinski definition) is 8. The lowest BCUT2D eigenvalue weighted by Crippen LogP contribution is -2.37. The van der Waals surface area contributed by atoms with Crippen LogP contribution in [0, 0.1) is 0 Å². The Morgan fingerprint density at radius 3 is 2.56 bits per heavy atom. The fourth-order valence-corrected chi connectivity index (χ4v) is 3.34. The van der Waals surface area contributed by atoms with Gasteiger partial charge in [0, 0.05) is 11.6 Å². The summed E-state index contributed by atoms with van der Waals surface area (Å²) in [6.07, 6.45) is 1.53. The van der Waals surface area contributed by atoms with Crippen molar-refractivity contribution < 1.29 is 33.3 Å². The Labute approximate surface area is 160 Å². The van der Waals surface area contributed by atoms with Gasteiger partial charge in [0.15, 0.2) is 11.5 Å². The van der Waals surface area contributed by atoms with E-state index in [2.05, 4.69) is 0 Å². The highest BCUT2D eigenvalue weighted by atomic mass is 32.2. The third-order valence-corrected chi connectivity index (χ3v) is 4.50. The topological polar surface area (TPSA) is 91.4 Å². The van der Waals surface area contributed by atoms with E-state index in [0.717, 1.165) is 16.7 Å². The smallest absolute Gasteiger partial charge is 0.326 e. The van der Waals surface area contributed by atoms with E-state index >= 15 is 0 Å². The molecule has 2 amide bonds. The van der Waals surface area contributed by atoms with E-state index in [9.17, 15) is 14.4 Å². The van der Waals surface area contributed by atoms with E-state index in [-0.39, 0.29) is 11.7 Å².